The van der Waals surface area contributed by atoms with Gasteiger partial charge in [0, 0.05) is 24.6 Å². The first-order valence-corrected chi connectivity index (χ1v) is 4.59. The Kier molecular flexibility index (Phi) is 2.33. The van der Waals surface area contributed by atoms with Crippen molar-refractivity contribution in [2.45, 2.75) is 13.5 Å². The van der Waals surface area contributed by atoms with Gasteiger partial charge in [-0.1, -0.05) is 6.07 Å². The van der Waals surface area contributed by atoms with Crippen molar-refractivity contribution in [1.82, 2.24) is 9.55 Å². The molecule has 2 rings (SSSR count). The summed E-state index contributed by atoms with van der Waals surface area (Å²) < 4.78 is 1.97. The van der Waals surface area contributed by atoms with E-state index in [1.807, 2.05) is 10.8 Å². The first kappa shape index (κ1) is 8.97. The van der Waals surface area contributed by atoms with E-state index in [1.165, 1.54) is 11.1 Å². The second-order valence-electron chi connectivity index (χ2n) is 3.28. The average molecular weight is 187 g/mol. The number of nitrogens with two attached hydrogens (primary N) is 1. The van der Waals surface area contributed by atoms with Crippen LogP contribution in [0.1, 0.15) is 11.1 Å². The van der Waals surface area contributed by atoms with Crippen LogP contribution in [0.3, 0.4) is 0 Å². The molecule has 0 amide bonds. The Morgan fingerprint density at radius 2 is 2.29 bits per heavy atom. The van der Waals surface area contributed by atoms with E-state index in [9.17, 15) is 0 Å². The summed E-state index contributed by atoms with van der Waals surface area (Å²) in [6.07, 6.45) is 5.47. The second kappa shape index (κ2) is 3.64. The lowest BCUT2D eigenvalue weighted by atomic mass is 10.1. The normalized spacial score (nSPS) is 10.4. The smallest absolute Gasteiger partial charge is 0.0991 e. The Bertz CT molecular complexity index is 418. The molecule has 14 heavy (non-hydrogen) atoms. The molecule has 0 aliphatic heterocycles. The van der Waals surface area contributed by atoms with E-state index in [0.29, 0.717) is 6.54 Å². The minimum atomic E-state index is 0.578. The molecular formula is C11H13N3. The van der Waals surface area contributed by atoms with Crippen LogP contribution in [0.25, 0.3) is 5.69 Å². The predicted molar refractivity (Wildman–Crippen MR) is 56.2 cm³/mol. The zero-order valence-electron chi connectivity index (χ0n) is 8.14. The zero-order chi connectivity index (χ0) is 9.97. The van der Waals surface area contributed by atoms with Crippen LogP contribution in [0.4, 0.5) is 0 Å². The van der Waals surface area contributed by atoms with Crippen LogP contribution in [0, 0.1) is 6.92 Å². The number of aromatic nitrogens is 2. The first-order valence-electron chi connectivity index (χ1n) is 4.59. The van der Waals surface area contributed by atoms with E-state index in [4.69, 9.17) is 5.73 Å². The maximum absolute atomic E-state index is 5.65. The molecule has 0 spiro atoms. The third kappa shape index (κ3) is 1.54. The summed E-state index contributed by atoms with van der Waals surface area (Å²) in [6.45, 7) is 2.65. The average Bonchev–Trinajstić information content (AvgIpc) is 2.71. The fourth-order valence-electron chi connectivity index (χ4n) is 1.45. The number of benzene rings is 1. The minimum Gasteiger partial charge on any atom is -0.326 e. The van der Waals surface area contributed by atoms with E-state index in [0.717, 1.165) is 5.69 Å². The maximum Gasteiger partial charge on any atom is 0.0991 e. The van der Waals surface area contributed by atoms with Crippen molar-refractivity contribution in [1.29, 1.82) is 0 Å². The molecular weight excluding hydrogens is 174 g/mol. The van der Waals surface area contributed by atoms with Gasteiger partial charge in [0.2, 0.25) is 0 Å². The van der Waals surface area contributed by atoms with E-state index in [2.05, 4.69) is 30.1 Å². The molecule has 0 fully saturated rings. The highest BCUT2D eigenvalue weighted by molar-refractivity contribution is 5.40. The molecule has 0 unspecified atom stereocenters. The summed E-state index contributed by atoms with van der Waals surface area (Å²) in [6, 6.07) is 6.24. The Balaban J connectivity index is 2.46. The molecule has 2 N–H and O–H groups in total. The Morgan fingerprint density at radius 1 is 1.43 bits per heavy atom. The molecule has 1 aromatic carbocycles. The molecule has 0 aliphatic rings. The van der Waals surface area contributed by atoms with Crippen molar-refractivity contribution in [2.75, 3.05) is 0 Å². The molecule has 72 valence electrons. The largest absolute Gasteiger partial charge is 0.326 e. The van der Waals surface area contributed by atoms with Gasteiger partial charge in [0.1, 0.15) is 0 Å². The van der Waals surface area contributed by atoms with Gasteiger partial charge in [0.25, 0.3) is 0 Å². The van der Waals surface area contributed by atoms with Crippen LogP contribution in [-0.2, 0) is 6.54 Å². The van der Waals surface area contributed by atoms with Crippen LogP contribution in [0.15, 0.2) is 36.9 Å². The van der Waals surface area contributed by atoms with Crippen molar-refractivity contribution in [2.24, 2.45) is 5.73 Å². The standard InChI is InChI=1S/C11H13N3/c1-9-2-3-11(6-10(9)7-12)14-5-4-13-8-14/h2-6,8H,7,12H2,1H3. The van der Waals surface area contributed by atoms with Gasteiger partial charge in [-0.05, 0) is 30.2 Å². The summed E-state index contributed by atoms with van der Waals surface area (Å²) in [7, 11) is 0. The Hall–Kier alpha value is -1.61. The lowest BCUT2D eigenvalue weighted by Crippen LogP contribution is -2.01. The highest BCUT2D eigenvalue weighted by atomic mass is 15.0. The zero-order valence-corrected chi connectivity index (χ0v) is 8.14. The Morgan fingerprint density at radius 3 is 2.93 bits per heavy atom. The molecule has 0 saturated carbocycles. The first-order chi connectivity index (χ1) is 6.81. The van der Waals surface area contributed by atoms with E-state index >= 15 is 0 Å². The van der Waals surface area contributed by atoms with Crippen LogP contribution in [-0.4, -0.2) is 9.55 Å². The fourth-order valence-corrected chi connectivity index (χ4v) is 1.45. The summed E-state index contributed by atoms with van der Waals surface area (Å²) in [4.78, 5) is 4.01. The van der Waals surface area contributed by atoms with Gasteiger partial charge in [-0.3, -0.25) is 0 Å². The van der Waals surface area contributed by atoms with Gasteiger partial charge in [0.15, 0.2) is 0 Å². The van der Waals surface area contributed by atoms with Gasteiger partial charge in [-0.25, -0.2) is 4.98 Å². The SMILES string of the molecule is Cc1ccc(-n2ccnc2)cc1CN. The summed E-state index contributed by atoms with van der Waals surface area (Å²) in [5.74, 6) is 0. The van der Waals surface area contributed by atoms with Gasteiger partial charge >= 0.3 is 0 Å². The maximum atomic E-state index is 5.65. The van der Waals surface area contributed by atoms with Crippen LogP contribution < -0.4 is 5.73 Å². The lowest BCUT2D eigenvalue weighted by Gasteiger charge is -2.07. The van der Waals surface area contributed by atoms with Crippen molar-refractivity contribution in [3.63, 3.8) is 0 Å². The topological polar surface area (TPSA) is 43.8 Å². The van der Waals surface area contributed by atoms with Gasteiger partial charge < -0.3 is 10.3 Å². The van der Waals surface area contributed by atoms with Gasteiger partial charge in [-0.15, -0.1) is 0 Å². The van der Waals surface area contributed by atoms with Crippen LogP contribution >= 0.6 is 0 Å². The molecule has 0 aliphatic carbocycles. The highest BCUT2D eigenvalue weighted by Gasteiger charge is 1.99. The van der Waals surface area contributed by atoms with Gasteiger partial charge in [-0.2, -0.15) is 0 Å². The van der Waals surface area contributed by atoms with E-state index < -0.39 is 0 Å². The number of hydrogen-bond acceptors (Lipinski definition) is 2. The molecule has 0 atom stereocenters. The van der Waals surface area contributed by atoms with Crippen molar-refractivity contribution >= 4 is 0 Å². The summed E-state index contributed by atoms with van der Waals surface area (Å²) in [5, 5.41) is 0. The molecule has 1 aromatic heterocycles. The molecule has 0 bridgehead atoms. The summed E-state index contributed by atoms with van der Waals surface area (Å²) >= 11 is 0. The fraction of sp³-hybridized carbons (Fsp3) is 0.182. The number of imidazole rings is 1. The molecule has 0 saturated heterocycles. The van der Waals surface area contributed by atoms with Crippen LogP contribution in [0.5, 0.6) is 0 Å². The molecule has 2 aromatic rings. The third-order valence-electron chi connectivity index (χ3n) is 2.36. The number of aryl methyl sites for hydroxylation is 1. The molecule has 1 heterocycles. The number of hydrogen-bond donors (Lipinski definition) is 1. The molecule has 3 nitrogen and oxygen atoms in total. The molecule has 3 heteroatoms. The Labute approximate surface area is 83.2 Å². The van der Waals surface area contributed by atoms with Gasteiger partial charge in [0.05, 0.1) is 6.33 Å². The minimum absolute atomic E-state index is 0.578. The number of rotatable bonds is 2. The van der Waals surface area contributed by atoms with E-state index in [1.54, 1.807) is 12.5 Å². The monoisotopic (exact) mass is 187 g/mol. The number of nitrogens with zero attached hydrogens (tertiary/aromatic N) is 2. The second-order valence-corrected chi connectivity index (χ2v) is 3.28. The summed E-state index contributed by atoms with van der Waals surface area (Å²) in [5.41, 5.74) is 9.16. The van der Waals surface area contributed by atoms with Crippen molar-refractivity contribution < 1.29 is 0 Å². The lowest BCUT2D eigenvalue weighted by molar-refractivity contribution is 1.01. The quantitative estimate of drug-likeness (QED) is 0.776. The van der Waals surface area contributed by atoms with Crippen LogP contribution in [0.2, 0.25) is 0 Å². The van der Waals surface area contributed by atoms with Crippen molar-refractivity contribution in [3.05, 3.63) is 48.0 Å². The highest BCUT2D eigenvalue weighted by Crippen LogP contribution is 2.13. The third-order valence-corrected chi connectivity index (χ3v) is 2.36. The predicted octanol–water partition coefficient (Wildman–Crippen LogP) is 1.64. The van der Waals surface area contributed by atoms with Crippen molar-refractivity contribution in [3.8, 4) is 5.69 Å². The molecule has 0 radical (unpaired) electrons. The van der Waals surface area contributed by atoms with E-state index in [-0.39, 0.29) is 0 Å².